The highest BCUT2D eigenvalue weighted by molar-refractivity contribution is 5.96. The molecule has 2 rings (SSSR count). The van der Waals surface area contributed by atoms with Gasteiger partial charge in [-0.1, -0.05) is 13.8 Å². The molecule has 3 nitrogen and oxygen atoms in total. The average molecular weight is 288 g/mol. The number of aryl methyl sites for hydroxylation is 1. The van der Waals surface area contributed by atoms with E-state index in [9.17, 15) is 4.79 Å². The van der Waals surface area contributed by atoms with E-state index in [1.165, 1.54) is 0 Å². The van der Waals surface area contributed by atoms with Crippen LogP contribution in [0.2, 0.25) is 0 Å². The van der Waals surface area contributed by atoms with Crippen LogP contribution in [0.25, 0.3) is 0 Å². The molecule has 1 aromatic rings. The Bertz CT molecular complexity index is 506. The van der Waals surface area contributed by atoms with Crippen molar-refractivity contribution in [1.82, 2.24) is 4.90 Å². The maximum atomic E-state index is 12.8. The first-order valence-electron chi connectivity index (χ1n) is 8.19. The first kappa shape index (κ1) is 15.9. The topological polar surface area (TPSA) is 32.3 Å². The van der Waals surface area contributed by atoms with Crippen molar-refractivity contribution in [2.24, 2.45) is 5.41 Å². The van der Waals surface area contributed by atoms with Crippen LogP contribution in [-0.4, -0.2) is 30.4 Å². The third-order valence-corrected chi connectivity index (χ3v) is 5.06. The maximum Gasteiger partial charge on any atom is 0.254 e. The molecule has 0 radical (unpaired) electrons. The van der Waals surface area contributed by atoms with Gasteiger partial charge in [-0.15, -0.1) is 0 Å². The molecule has 1 saturated heterocycles. The highest BCUT2D eigenvalue weighted by atomic mass is 16.2. The zero-order chi connectivity index (χ0) is 15.5. The second-order valence-corrected chi connectivity index (χ2v) is 6.24. The van der Waals surface area contributed by atoms with Crippen molar-refractivity contribution in [2.45, 2.75) is 47.0 Å². The van der Waals surface area contributed by atoms with Gasteiger partial charge >= 0.3 is 0 Å². The summed E-state index contributed by atoms with van der Waals surface area (Å²) in [5.74, 6) is 0.194. The maximum absolute atomic E-state index is 12.8. The lowest BCUT2D eigenvalue weighted by Crippen LogP contribution is -2.32. The molecule has 1 N–H and O–H groups in total. The predicted octanol–water partition coefficient (Wildman–Crippen LogP) is 4.08. The Labute approximate surface area is 128 Å². The first-order valence-corrected chi connectivity index (χ1v) is 8.19. The third-order valence-electron chi connectivity index (χ3n) is 5.06. The molecule has 1 aromatic carbocycles. The SMILES string of the molecule is CCNc1ccc(C(=O)N2CCC(CC)(CC)C2)c(C)c1. The molecule has 1 fully saturated rings. The number of hydrogen-bond acceptors (Lipinski definition) is 2. The fourth-order valence-electron chi connectivity index (χ4n) is 3.32. The molecule has 0 unspecified atom stereocenters. The smallest absolute Gasteiger partial charge is 0.254 e. The minimum absolute atomic E-state index is 0.194. The fraction of sp³-hybridized carbons (Fsp3) is 0.611. The Kier molecular flexibility index (Phi) is 4.92. The number of benzene rings is 1. The Balaban J connectivity index is 2.14. The number of rotatable bonds is 5. The Morgan fingerprint density at radius 1 is 1.29 bits per heavy atom. The minimum atomic E-state index is 0.194. The van der Waals surface area contributed by atoms with Crippen LogP contribution >= 0.6 is 0 Å². The molecule has 1 heterocycles. The Morgan fingerprint density at radius 2 is 2.00 bits per heavy atom. The van der Waals surface area contributed by atoms with Crippen molar-refractivity contribution < 1.29 is 4.79 Å². The van der Waals surface area contributed by atoms with E-state index in [2.05, 4.69) is 32.2 Å². The van der Waals surface area contributed by atoms with Gasteiger partial charge in [0.1, 0.15) is 0 Å². The standard InChI is InChI=1S/C18H28N2O/c1-5-18(6-2)10-11-20(13-18)17(21)16-9-8-15(19-7-3)12-14(16)4/h8-9,12,19H,5-7,10-11,13H2,1-4H3. The van der Waals surface area contributed by atoms with E-state index in [4.69, 9.17) is 0 Å². The first-order chi connectivity index (χ1) is 10.0. The van der Waals surface area contributed by atoms with Crippen LogP contribution in [0.4, 0.5) is 5.69 Å². The van der Waals surface area contributed by atoms with Gasteiger partial charge in [-0.05, 0) is 62.3 Å². The Morgan fingerprint density at radius 3 is 2.52 bits per heavy atom. The molecular formula is C18H28N2O. The Hall–Kier alpha value is -1.51. The zero-order valence-corrected chi connectivity index (χ0v) is 13.8. The van der Waals surface area contributed by atoms with Gasteiger partial charge in [0, 0.05) is 30.9 Å². The van der Waals surface area contributed by atoms with Crippen molar-refractivity contribution >= 4 is 11.6 Å². The summed E-state index contributed by atoms with van der Waals surface area (Å²) in [5, 5.41) is 3.29. The van der Waals surface area contributed by atoms with Crippen LogP contribution in [0.15, 0.2) is 18.2 Å². The molecule has 1 aliphatic rings. The lowest BCUT2D eigenvalue weighted by Gasteiger charge is -2.26. The number of hydrogen-bond donors (Lipinski definition) is 1. The summed E-state index contributed by atoms with van der Waals surface area (Å²) in [4.78, 5) is 14.8. The van der Waals surface area contributed by atoms with E-state index >= 15 is 0 Å². The highest BCUT2D eigenvalue weighted by Crippen LogP contribution is 2.37. The molecule has 21 heavy (non-hydrogen) atoms. The summed E-state index contributed by atoms with van der Waals surface area (Å²) in [6.45, 7) is 11.3. The van der Waals surface area contributed by atoms with Gasteiger partial charge in [-0.25, -0.2) is 0 Å². The number of likely N-dealkylation sites (tertiary alicyclic amines) is 1. The average Bonchev–Trinajstić information content (AvgIpc) is 2.92. The molecule has 0 aliphatic carbocycles. The number of nitrogens with zero attached hydrogens (tertiary/aromatic N) is 1. The van der Waals surface area contributed by atoms with Crippen LogP contribution in [0.1, 0.15) is 56.0 Å². The van der Waals surface area contributed by atoms with E-state index < -0.39 is 0 Å². The summed E-state index contributed by atoms with van der Waals surface area (Å²) in [6, 6.07) is 6.04. The summed E-state index contributed by atoms with van der Waals surface area (Å²) in [5.41, 5.74) is 3.33. The quantitative estimate of drug-likeness (QED) is 0.885. The normalized spacial score (nSPS) is 17.0. The summed E-state index contributed by atoms with van der Waals surface area (Å²) in [7, 11) is 0. The van der Waals surface area contributed by atoms with Gasteiger partial charge in [0.2, 0.25) is 0 Å². The summed E-state index contributed by atoms with van der Waals surface area (Å²) >= 11 is 0. The zero-order valence-electron chi connectivity index (χ0n) is 13.8. The number of anilines is 1. The highest BCUT2D eigenvalue weighted by Gasteiger charge is 2.37. The molecular weight excluding hydrogens is 260 g/mol. The molecule has 1 amide bonds. The number of carbonyl (C=O) groups is 1. The van der Waals surface area contributed by atoms with Crippen molar-refractivity contribution in [3.8, 4) is 0 Å². The summed E-state index contributed by atoms with van der Waals surface area (Å²) < 4.78 is 0. The van der Waals surface area contributed by atoms with Crippen molar-refractivity contribution in [3.05, 3.63) is 29.3 Å². The fourth-order valence-corrected chi connectivity index (χ4v) is 3.32. The van der Waals surface area contributed by atoms with Gasteiger partial charge in [-0.2, -0.15) is 0 Å². The number of amides is 1. The van der Waals surface area contributed by atoms with Gasteiger partial charge in [0.15, 0.2) is 0 Å². The molecule has 1 aliphatic heterocycles. The lowest BCUT2D eigenvalue weighted by molar-refractivity contribution is 0.0769. The van der Waals surface area contributed by atoms with E-state index in [0.29, 0.717) is 5.41 Å². The van der Waals surface area contributed by atoms with Crippen molar-refractivity contribution in [1.29, 1.82) is 0 Å². The molecule has 0 bridgehead atoms. The monoisotopic (exact) mass is 288 g/mol. The van der Waals surface area contributed by atoms with E-state index in [-0.39, 0.29) is 5.91 Å². The molecule has 0 aromatic heterocycles. The van der Waals surface area contributed by atoms with Crippen LogP contribution in [0.5, 0.6) is 0 Å². The molecule has 116 valence electrons. The van der Waals surface area contributed by atoms with Crippen LogP contribution in [0, 0.1) is 12.3 Å². The third kappa shape index (κ3) is 3.22. The van der Waals surface area contributed by atoms with E-state index in [1.54, 1.807) is 0 Å². The van der Waals surface area contributed by atoms with Gasteiger partial charge in [0.25, 0.3) is 5.91 Å². The van der Waals surface area contributed by atoms with Crippen LogP contribution < -0.4 is 5.32 Å². The van der Waals surface area contributed by atoms with Gasteiger partial charge in [0.05, 0.1) is 0 Å². The second-order valence-electron chi connectivity index (χ2n) is 6.24. The van der Waals surface area contributed by atoms with Crippen LogP contribution in [0.3, 0.4) is 0 Å². The molecule has 0 saturated carbocycles. The van der Waals surface area contributed by atoms with Crippen LogP contribution in [-0.2, 0) is 0 Å². The van der Waals surface area contributed by atoms with Crippen molar-refractivity contribution in [2.75, 3.05) is 25.0 Å². The predicted molar refractivity (Wildman–Crippen MR) is 88.9 cm³/mol. The van der Waals surface area contributed by atoms with Crippen molar-refractivity contribution in [3.63, 3.8) is 0 Å². The molecule has 0 atom stereocenters. The number of nitrogens with one attached hydrogen (secondary N) is 1. The number of carbonyl (C=O) groups excluding carboxylic acids is 1. The van der Waals surface area contributed by atoms with Gasteiger partial charge in [-0.3, -0.25) is 4.79 Å². The lowest BCUT2D eigenvalue weighted by atomic mass is 9.82. The second kappa shape index (κ2) is 6.50. The van der Waals surface area contributed by atoms with E-state index in [0.717, 1.165) is 55.7 Å². The largest absolute Gasteiger partial charge is 0.385 e. The molecule has 3 heteroatoms. The van der Waals surface area contributed by atoms with Gasteiger partial charge < -0.3 is 10.2 Å². The minimum Gasteiger partial charge on any atom is -0.385 e. The van der Waals surface area contributed by atoms with E-state index in [1.807, 2.05) is 24.0 Å². The molecule has 0 spiro atoms. The summed E-state index contributed by atoms with van der Waals surface area (Å²) in [6.07, 6.45) is 3.46.